The van der Waals surface area contributed by atoms with Gasteiger partial charge < -0.3 is 5.11 Å². The van der Waals surface area contributed by atoms with Crippen molar-refractivity contribution >= 4 is 17.7 Å². The third-order valence-corrected chi connectivity index (χ3v) is 3.19. The van der Waals surface area contributed by atoms with Gasteiger partial charge in [0, 0.05) is 16.6 Å². The molecule has 16 heavy (non-hydrogen) atoms. The van der Waals surface area contributed by atoms with E-state index in [1.54, 1.807) is 6.92 Å². The summed E-state index contributed by atoms with van der Waals surface area (Å²) in [6, 6.07) is 3.25. The minimum atomic E-state index is -0.882. The van der Waals surface area contributed by atoms with Gasteiger partial charge in [0.1, 0.15) is 11.6 Å². The maximum atomic E-state index is 13.2. The summed E-state index contributed by atoms with van der Waals surface area (Å²) >= 11 is 1.15. The van der Waals surface area contributed by atoms with E-state index in [1.807, 2.05) is 0 Å². The molecular weight excluding hydrogens is 234 g/mol. The van der Waals surface area contributed by atoms with E-state index in [0.29, 0.717) is 6.42 Å². The minimum absolute atomic E-state index is 0.0328. The Kier molecular flexibility index (Phi) is 4.73. The van der Waals surface area contributed by atoms with Crippen LogP contribution in [-0.2, 0) is 4.79 Å². The third kappa shape index (κ3) is 4.18. The monoisotopic (exact) mass is 246 g/mol. The van der Waals surface area contributed by atoms with Crippen LogP contribution in [-0.4, -0.2) is 16.3 Å². The first-order chi connectivity index (χ1) is 7.49. The second-order valence-corrected chi connectivity index (χ2v) is 4.92. The standard InChI is InChI=1S/C11H12F2O2S/c1-7(2-5-11(14)15)16-10-6-8(12)3-4-9(10)13/h3-4,6-7H,2,5H2,1H3,(H,14,15). The lowest BCUT2D eigenvalue weighted by molar-refractivity contribution is -0.137. The van der Waals surface area contributed by atoms with Gasteiger partial charge in [-0.05, 0) is 24.6 Å². The average molecular weight is 246 g/mol. The second kappa shape index (κ2) is 5.84. The lowest BCUT2D eigenvalue weighted by atomic mass is 10.2. The molecule has 0 fully saturated rings. The molecule has 0 heterocycles. The van der Waals surface area contributed by atoms with E-state index in [-0.39, 0.29) is 16.6 Å². The molecule has 0 bridgehead atoms. The summed E-state index contributed by atoms with van der Waals surface area (Å²) in [5, 5.41) is 8.42. The van der Waals surface area contributed by atoms with Crippen LogP contribution in [0.5, 0.6) is 0 Å². The van der Waals surface area contributed by atoms with E-state index in [4.69, 9.17) is 5.11 Å². The molecule has 1 aromatic rings. The van der Waals surface area contributed by atoms with E-state index in [2.05, 4.69) is 0 Å². The highest BCUT2D eigenvalue weighted by atomic mass is 32.2. The van der Waals surface area contributed by atoms with Crippen molar-refractivity contribution in [2.24, 2.45) is 0 Å². The molecule has 0 aliphatic carbocycles. The number of carbonyl (C=O) groups is 1. The van der Waals surface area contributed by atoms with E-state index in [9.17, 15) is 13.6 Å². The second-order valence-electron chi connectivity index (χ2n) is 3.44. The first-order valence-electron chi connectivity index (χ1n) is 4.82. The Hall–Kier alpha value is -1.10. The normalized spacial score (nSPS) is 12.4. The van der Waals surface area contributed by atoms with Crippen LogP contribution in [0.4, 0.5) is 8.78 Å². The maximum Gasteiger partial charge on any atom is 0.303 e. The van der Waals surface area contributed by atoms with Crippen molar-refractivity contribution in [2.45, 2.75) is 29.9 Å². The van der Waals surface area contributed by atoms with Crippen LogP contribution >= 0.6 is 11.8 Å². The number of rotatable bonds is 5. The van der Waals surface area contributed by atoms with Gasteiger partial charge in [-0.25, -0.2) is 8.78 Å². The van der Waals surface area contributed by atoms with Crippen molar-refractivity contribution in [3.8, 4) is 0 Å². The van der Waals surface area contributed by atoms with Crippen LogP contribution in [0.2, 0.25) is 0 Å². The Labute approximate surface area is 96.7 Å². The summed E-state index contributed by atoms with van der Waals surface area (Å²) in [7, 11) is 0. The quantitative estimate of drug-likeness (QED) is 0.810. The van der Waals surface area contributed by atoms with E-state index in [1.165, 1.54) is 0 Å². The molecule has 0 aromatic heterocycles. The van der Waals surface area contributed by atoms with Gasteiger partial charge in [0.05, 0.1) is 0 Å². The highest BCUT2D eigenvalue weighted by Gasteiger charge is 2.11. The minimum Gasteiger partial charge on any atom is -0.481 e. The molecule has 2 nitrogen and oxygen atoms in total. The van der Waals surface area contributed by atoms with Crippen molar-refractivity contribution in [2.75, 3.05) is 0 Å². The molecule has 1 aromatic carbocycles. The molecule has 0 aliphatic rings. The summed E-state index contributed by atoms with van der Waals surface area (Å²) in [5.41, 5.74) is 0. The van der Waals surface area contributed by atoms with Gasteiger partial charge >= 0.3 is 5.97 Å². The molecule has 1 atom stereocenters. The zero-order valence-corrected chi connectivity index (χ0v) is 9.56. The van der Waals surface area contributed by atoms with Crippen LogP contribution in [0.3, 0.4) is 0 Å². The number of carboxylic acids is 1. The summed E-state index contributed by atoms with van der Waals surface area (Å²) < 4.78 is 26.1. The SMILES string of the molecule is CC(CCC(=O)O)Sc1cc(F)ccc1F. The molecule has 88 valence electrons. The van der Waals surface area contributed by atoms with Crippen LogP contribution in [0.1, 0.15) is 19.8 Å². The Balaban J connectivity index is 2.58. The fourth-order valence-electron chi connectivity index (χ4n) is 1.17. The average Bonchev–Trinajstić information content (AvgIpc) is 2.20. The topological polar surface area (TPSA) is 37.3 Å². The van der Waals surface area contributed by atoms with Crippen molar-refractivity contribution in [1.29, 1.82) is 0 Å². The maximum absolute atomic E-state index is 13.2. The molecule has 0 aliphatic heterocycles. The summed E-state index contributed by atoms with van der Waals surface area (Å²) in [4.78, 5) is 10.6. The number of aliphatic carboxylic acids is 1. The molecule has 0 saturated carbocycles. The number of halogens is 2. The summed E-state index contributed by atoms with van der Waals surface area (Å²) in [6.07, 6.45) is 0.459. The molecule has 1 N–H and O–H groups in total. The van der Waals surface area contributed by atoms with Gasteiger partial charge in [-0.3, -0.25) is 4.79 Å². The van der Waals surface area contributed by atoms with Gasteiger partial charge in [0.25, 0.3) is 0 Å². The van der Waals surface area contributed by atoms with Crippen molar-refractivity contribution in [1.82, 2.24) is 0 Å². The molecule has 0 radical (unpaired) electrons. The Bertz CT molecular complexity index is 382. The fourth-order valence-corrected chi connectivity index (χ4v) is 2.20. The summed E-state index contributed by atoms with van der Waals surface area (Å²) in [6.45, 7) is 1.79. The van der Waals surface area contributed by atoms with Crippen molar-refractivity contribution in [3.63, 3.8) is 0 Å². The van der Waals surface area contributed by atoms with Crippen molar-refractivity contribution < 1.29 is 18.7 Å². The van der Waals surface area contributed by atoms with Gasteiger partial charge in [0.15, 0.2) is 0 Å². The third-order valence-electron chi connectivity index (χ3n) is 1.99. The smallest absolute Gasteiger partial charge is 0.303 e. The molecule has 5 heteroatoms. The van der Waals surface area contributed by atoms with Crippen LogP contribution in [0.25, 0.3) is 0 Å². The lowest BCUT2D eigenvalue weighted by Crippen LogP contribution is -2.02. The number of benzene rings is 1. The Morgan fingerprint density at radius 3 is 2.81 bits per heavy atom. The van der Waals surface area contributed by atoms with Crippen LogP contribution < -0.4 is 0 Å². The molecule has 0 amide bonds. The van der Waals surface area contributed by atoms with Crippen LogP contribution in [0.15, 0.2) is 23.1 Å². The van der Waals surface area contributed by atoms with Gasteiger partial charge in [-0.15, -0.1) is 11.8 Å². The molecule has 1 rings (SSSR count). The lowest BCUT2D eigenvalue weighted by Gasteiger charge is -2.10. The van der Waals surface area contributed by atoms with Crippen LogP contribution in [0, 0.1) is 11.6 Å². The van der Waals surface area contributed by atoms with Gasteiger partial charge in [0.2, 0.25) is 0 Å². The van der Waals surface area contributed by atoms with E-state index in [0.717, 1.165) is 30.0 Å². The zero-order valence-electron chi connectivity index (χ0n) is 8.74. The number of thioether (sulfide) groups is 1. The Morgan fingerprint density at radius 2 is 2.19 bits per heavy atom. The molecular formula is C11H12F2O2S. The first-order valence-corrected chi connectivity index (χ1v) is 5.70. The Morgan fingerprint density at radius 1 is 1.50 bits per heavy atom. The largest absolute Gasteiger partial charge is 0.481 e. The predicted octanol–water partition coefficient (Wildman–Crippen LogP) is 3.31. The van der Waals surface area contributed by atoms with E-state index < -0.39 is 17.6 Å². The molecule has 1 unspecified atom stereocenters. The van der Waals surface area contributed by atoms with Gasteiger partial charge in [-0.2, -0.15) is 0 Å². The number of carboxylic acid groups (broad SMARTS) is 1. The van der Waals surface area contributed by atoms with Gasteiger partial charge in [-0.1, -0.05) is 6.92 Å². The highest BCUT2D eigenvalue weighted by molar-refractivity contribution is 8.00. The van der Waals surface area contributed by atoms with Crippen molar-refractivity contribution in [3.05, 3.63) is 29.8 Å². The fraction of sp³-hybridized carbons (Fsp3) is 0.364. The molecule has 0 saturated heterocycles. The number of hydrogen-bond donors (Lipinski definition) is 1. The predicted molar refractivity (Wildman–Crippen MR) is 58.5 cm³/mol. The number of hydrogen-bond acceptors (Lipinski definition) is 2. The van der Waals surface area contributed by atoms with E-state index >= 15 is 0 Å². The first kappa shape index (κ1) is 13.0. The summed E-state index contributed by atoms with van der Waals surface area (Å²) in [5.74, 6) is -1.85. The molecule has 0 spiro atoms. The highest BCUT2D eigenvalue weighted by Crippen LogP contribution is 2.28. The zero-order chi connectivity index (χ0) is 12.1.